The third-order valence-electron chi connectivity index (χ3n) is 6.58. The molecule has 2 aromatic heterocycles. The predicted molar refractivity (Wildman–Crippen MR) is 127 cm³/mol. The number of rotatable bonds is 3. The normalized spacial score (nSPS) is 17.9. The van der Waals surface area contributed by atoms with Gasteiger partial charge in [-0.3, -0.25) is 0 Å². The van der Waals surface area contributed by atoms with Crippen molar-refractivity contribution in [3.8, 4) is 11.6 Å². The molecule has 11 nitrogen and oxygen atoms in total. The Morgan fingerprint density at radius 3 is 2.33 bits per heavy atom. The van der Waals surface area contributed by atoms with E-state index in [0.717, 1.165) is 5.52 Å². The van der Waals surface area contributed by atoms with Gasteiger partial charge in [-0.05, 0) is 25.0 Å². The highest BCUT2D eigenvalue weighted by molar-refractivity contribution is 5.79. The van der Waals surface area contributed by atoms with Gasteiger partial charge in [0.15, 0.2) is 5.82 Å². The van der Waals surface area contributed by atoms with Crippen molar-refractivity contribution in [3.05, 3.63) is 24.0 Å². The summed E-state index contributed by atoms with van der Waals surface area (Å²) in [4.78, 5) is 33.8. The molecule has 17 heteroatoms. The van der Waals surface area contributed by atoms with Crippen molar-refractivity contribution in [2.75, 3.05) is 31.1 Å². The van der Waals surface area contributed by atoms with Crippen LogP contribution in [0.5, 0.6) is 0 Å². The molecule has 2 aliphatic rings. The van der Waals surface area contributed by atoms with Gasteiger partial charge in [0.1, 0.15) is 5.82 Å². The lowest BCUT2D eigenvalue weighted by Crippen LogP contribution is -2.54. The first kappa shape index (κ1) is 28.9. The number of hydrogen-bond donors (Lipinski definition) is 2. The second-order valence-corrected chi connectivity index (χ2v) is 9.38. The molecular weight excluding hydrogens is 552 g/mol. The Hall–Kier alpha value is -4.05. The van der Waals surface area contributed by atoms with E-state index in [2.05, 4.69) is 20.4 Å². The molecule has 1 aromatic carbocycles. The van der Waals surface area contributed by atoms with Gasteiger partial charge < -0.3 is 29.3 Å². The van der Waals surface area contributed by atoms with Crippen LogP contribution in [0.3, 0.4) is 0 Å². The van der Waals surface area contributed by atoms with Gasteiger partial charge in [0, 0.05) is 58.2 Å². The number of aliphatic carboxylic acids is 1. The van der Waals surface area contributed by atoms with E-state index in [1.807, 2.05) is 4.90 Å². The van der Waals surface area contributed by atoms with E-state index in [1.165, 1.54) is 12.1 Å². The molecule has 0 bridgehead atoms. The van der Waals surface area contributed by atoms with E-state index in [4.69, 9.17) is 14.4 Å². The van der Waals surface area contributed by atoms with Gasteiger partial charge in [0.05, 0.1) is 11.0 Å². The molecule has 2 fully saturated rings. The lowest BCUT2D eigenvalue weighted by Gasteiger charge is -2.35. The average molecular weight is 577 g/mol. The standard InChI is InChI=1S/C21H24F3N7O2.C2HF3O2/c1-29-16-3-2-13(22)12-15(16)26-18(29)17-27-20(33-28-17)31-10-8-30(9-11-31)19(32)25-14-4-6-21(23,24)7-5-14;3-2(4,5)1(6)7/h2-3,12,14H,4-11H2,1H3,(H,25,32);(H,6,7). The van der Waals surface area contributed by atoms with E-state index in [9.17, 15) is 31.1 Å². The van der Waals surface area contributed by atoms with Crippen LogP contribution < -0.4 is 10.2 Å². The fourth-order valence-electron chi connectivity index (χ4n) is 4.36. The molecule has 0 atom stereocenters. The second-order valence-electron chi connectivity index (χ2n) is 9.38. The number of amides is 2. The van der Waals surface area contributed by atoms with Crippen LogP contribution in [0.25, 0.3) is 22.7 Å². The highest BCUT2D eigenvalue weighted by Gasteiger charge is 2.38. The van der Waals surface area contributed by atoms with Crippen molar-refractivity contribution in [2.45, 2.75) is 43.8 Å². The number of carboxylic acid groups (broad SMARTS) is 1. The average Bonchev–Trinajstić information content (AvgIpc) is 3.50. The topological polar surface area (TPSA) is 130 Å². The van der Waals surface area contributed by atoms with E-state index in [0.29, 0.717) is 49.4 Å². The molecular formula is C23H25F6N7O4. The number of carbonyl (C=O) groups excluding carboxylic acids is 1. The van der Waals surface area contributed by atoms with Crippen LogP contribution in [-0.2, 0) is 11.8 Å². The maximum absolute atomic E-state index is 13.5. The van der Waals surface area contributed by atoms with Crippen molar-refractivity contribution in [1.82, 2.24) is 29.9 Å². The highest BCUT2D eigenvalue weighted by atomic mass is 19.4. The minimum absolute atomic E-state index is 0.189. The lowest BCUT2D eigenvalue weighted by atomic mass is 9.92. The fraction of sp³-hybridized carbons (Fsp3) is 0.522. The van der Waals surface area contributed by atoms with E-state index >= 15 is 0 Å². The number of aryl methyl sites for hydroxylation is 1. The molecule has 0 unspecified atom stereocenters. The SMILES string of the molecule is Cn1c(-c2noc(N3CCN(C(=O)NC4CCC(F)(F)CC4)CC3)n2)nc2cc(F)ccc21.O=C(O)C(F)(F)F. The Kier molecular flexibility index (Phi) is 8.11. The molecule has 0 radical (unpaired) electrons. The summed E-state index contributed by atoms with van der Waals surface area (Å²) in [5.41, 5.74) is 1.25. The number of halogens is 6. The Labute approximate surface area is 222 Å². The molecule has 3 heterocycles. The van der Waals surface area contributed by atoms with Crippen LogP contribution in [0.1, 0.15) is 25.7 Å². The minimum Gasteiger partial charge on any atom is -0.475 e. The van der Waals surface area contributed by atoms with Crippen molar-refractivity contribution in [2.24, 2.45) is 7.05 Å². The van der Waals surface area contributed by atoms with Gasteiger partial charge in [-0.2, -0.15) is 18.2 Å². The third kappa shape index (κ3) is 6.74. The van der Waals surface area contributed by atoms with Crippen LogP contribution in [0.4, 0.5) is 37.2 Å². The Balaban J connectivity index is 0.000000470. The number of piperazine rings is 1. The lowest BCUT2D eigenvalue weighted by molar-refractivity contribution is -0.192. The second kappa shape index (κ2) is 11.2. The number of carbonyl (C=O) groups is 2. The number of hydrogen-bond acceptors (Lipinski definition) is 7. The van der Waals surface area contributed by atoms with Gasteiger partial charge in [0.2, 0.25) is 11.7 Å². The number of alkyl halides is 5. The molecule has 2 amide bonds. The number of nitrogens with one attached hydrogen (secondary N) is 1. The summed E-state index contributed by atoms with van der Waals surface area (Å²) in [5.74, 6) is -5.00. The zero-order valence-corrected chi connectivity index (χ0v) is 21.1. The number of anilines is 1. The first-order valence-electron chi connectivity index (χ1n) is 12.2. The number of aromatic nitrogens is 4. The molecule has 5 rings (SSSR count). The molecule has 3 aromatic rings. The minimum atomic E-state index is -5.08. The Morgan fingerprint density at radius 1 is 1.10 bits per heavy atom. The molecule has 218 valence electrons. The quantitative estimate of drug-likeness (QED) is 0.450. The molecule has 0 spiro atoms. The van der Waals surface area contributed by atoms with Gasteiger partial charge in [0.25, 0.3) is 0 Å². The first-order valence-corrected chi connectivity index (χ1v) is 12.2. The van der Waals surface area contributed by atoms with Crippen LogP contribution >= 0.6 is 0 Å². The molecule has 40 heavy (non-hydrogen) atoms. The monoisotopic (exact) mass is 577 g/mol. The molecule has 1 aliphatic heterocycles. The van der Waals surface area contributed by atoms with E-state index in [-0.39, 0.29) is 43.6 Å². The smallest absolute Gasteiger partial charge is 0.475 e. The number of fused-ring (bicyclic) bond motifs is 1. The van der Waals surface area contributed by atoms with Crippen molar-refractivity contribution >= 4 is 29.0 Å². The number of urea groups is 1. The van der Waals surface area contributed by atoms with E-state index in [1.54, 1.807) is 22.6 Å². The van der Waals surface area contributed by atoms with Crippen LogP contribution in [0.15, 0.2) is 22.7 Å². The number of nitrogens with zero attached hydrogens (tertiary/aromatic N) is 6. The Bertz CT molecular complexity index is 1360. The van der Waals surface area contributed by atoms with Gasteiger partial charge in [-0.15, -0.1) is 0 Å². The largest absolute Gasteiger partial charge is 0.490 e. The summed E-state index contributed by atoms with van der Waals surface area (Å²) in [7, 11) is 1.80. The van der Waals surface area contributed by atoms with Gasteiger partial charge >= 0.3 is 24.2 Å². The Morgan fingerprint density at radius 2 is 1.73 bits per heavy atom. The maximum atomic E-state index is 13.5. The predicted octanol–water partition coefficient (Wildman–Crippen LogP) is 3.81. The number of benzene rings is 1. The number of imidazole rings is 1. The molecule has 1 saturated carbocycles. The van der Waals surface area contributed by atoms with Crippen molar-refractivity contribution in [3.63, 3.8) is 0 Å². The summed E-state index contributed by atoms with van der Waals surface area (Å²) in [5, 5.41) is 14.0. The maximum Gasteiger partial charge on any atom is 0.490 e. The summed E-state index contributed by atoms with van der Waals surface area (Å²) >= 11 is 0. The zero-order valence-electron chi connectivity index (χ0n) is 21.1. The molecule has 1 saturated heterocycles. The molecule has 2 N–H and O–H groups in total. The van der Waals surface area contributed by atoms with Crippen LogP contribution in [0, 0.1) is 5.82 Å². The van der Waals surface area contributed by atoms with Crippen LogP contribution in [-0.4, -0.2) is 86.0 Å². The van der Waals surface area contributed by atoms with Crippen molar-refractivity contribution < 1.29 is 45.6 Å². The van der Waals surface area contributed by atoms with E-state index < -0.39 is 18.1 Å². The summed E-state index contributed by atoms with van der Waals surface area (Å²) < 4.78 is 79.0. The fourth-order valence-corrected chi connectivity index (χ4v) is 4.36. The summed E-state index contributed by atoms with van der Waals surface area (Å²) in [6, 6.07) is 4.24. The molecule has 1 aliphatic carbocycles. The van der Waals surface area contributed by atoms with Crippen LogP contribution in [0.2, 0.25) is 0 Å². The summed E-state index contributed by atoms with van der Waals surface area (Å²) in [6.45, 7) is 1.87. The zero-order chi connectivity index (χ0) is 29.2. The van der Waals surface area contributed by atoms with Gasteiger partial charge in [-0.25, -0.2) is 27.7 Å². The highest BCUT2D eigenvalue weighted by Crippen LogP contribution is 2.33. The third-order valence-corrected chi connectivity index (χ3v) is 6.58. The summed E-state index contributed by atoms with van der Waals surface area (Å²) in [6.07, 6.45) is -4.88. The number of carboxylic acids is 1. The first-order chi connectivity index (χ1) is 18.7. The van der Waals surface area contributed by atoms with Gasteiger partial charge in [-0.1, -0.05) is 5.16 Å². The van der Waals surface area contributed by atoms with Crippen molar-refractivity contribution in [1.29, 1.82) is 0 Å².